The number of alkyl halides is 1. The van der Waals surface area contributed by atoms with Crippen LogP contribution in [0.1, 0.15) is 5.56 Å². The molecule has 0 atom stereocenters. The maximum Gasteiger partial charge on any atom is 0.161 e. The van der Waals surface area contributed by atoms with Gasteiger partial charge in [-0.05, 0) is 41.1 Å². The topological polar surface area (TPSA) is 55.1 Å². The minimum absolute atomic E-state index is 0.200. The Labute approximate surface area is 143 Å². The van der Waals surface area contributed by atoms with E-state index in [1.807, 2.05) is 30.3 Å². The maximum atomic E-state index is 9.07. The smallest absolute Gasteiger partial charge is 0.161 e. The third-order valence-electron chi connectivity index (χ3n) is 3.46. The Kier molecular flexibility index (Phi) is 4.42. The van der Waals surface area contributed by atoms with Crippen LogP contribution in [0.2, 0.25) is 5.15 Å². The van der Waals surface area contributed by atoms with E-state index in [0.29, 0.717) is 29.5 Å². The summed E-state index contributed by atoms with van der Waals surface area (Å²) in [7, 11) is 1.59. The van der Waals surface area contributed by atoms with Crippen molar-refractivity contribution in [2.24, 2.45) is 0 Å². The van der Waals surface area contributed by atoms with Gasteiger partial charge in [0, 0.05) is 5.39 Å². The fourth-order valence-corrected chi connectivity index (χ4v) is 2.67. The Morgan fingerprint density at radius 1 is 1.09 bits per heavy atom. The highest BCUT2D eigenvalue weighted by Crippen LogP contribution is 2.34. The van der Waals surface area contributed by atoms with E-state index in [9.17, 15) is 0 Å². The number of methoxy groups -OCH3 is 1. The summed E-state index contributed by atoms with van der Waals surface area (Å²) in [6, 6.07) is 11.4. The fourth-order valence-electron chi connectivity index (χ4n) is 2.41. The van der Waals surface area contributed by atoms with Gasteiger partial charge in [0.2, 0.25) is 0 Å². The summed E-state index contributed by atoms with van der Waals surface area (Å²) in [6.07, 6.45) is 0. The van der Waals surface area contributed by atoms with Gasteiger partial charge >= 0.3 is 0 Å². The minimum Gasteiger partial charge on any atom is -0.493 e. The molecule has 0 aliphatic heterocycles. The summed E-state index contributed by atoms with van der Waals surface area (Å²) in [5.41, 5.74) is 1.07. The Hall–Kier alpha value is -2.22. The number of hydrogen-bond donors (Lipinski definition) is 0. The van der Waals surface area contributed by atoms with Gasteiger partial charge in [-0.15, -0.1) is 11.6 Å². The van der Waals surface area contributed by atoms with Crippen molar-refractivity contribution in [1.82, 2.24) is 4.98 Å². The maximum absolute atomic E-state index is 9.07. The molecule has 1 heterocycles. The van der Waals surface area contributed by atoms with Crippen LogP contribution in [0.3, 0.4) is 0 Å². The van der Waals surface area contributed by atoms with E-state index in [2.05, 4.69) is 4.98 Å². The number of nitrogens with zero attached hydrogens (tertiary/aromatic N) is 2. The SMILES string of the molecule is COc1cc2cc3cc(C#N)c(Cl)nc3cc2cc1OCCCl. The van der Waals surface area contributed by atoms with Crippen LogP contribution in [-0.2, 0) is 0 Å². The van der Waals surface area contributed by atoms with E-state index in [0.717, 1.165) is 21.7 Å². The first-order valence-corrected chi connectivity index (χ1v) is 7.78. The summed E-state index contributed by atoms with van der Waals surface area (Å²) in [5, 5.41) is 12.0. The Bertz CT molecular complexity index is 935. The van der Waals surface area contributed by atoms with E-state index in [1.54, 1.807) is 13.2 Å². The predicted octanol–water partition coefficient (Wildman–Crippen LogP) is 4.54. The molecular weight excluding hydrogens is 335 g/mol. The lowest BCUT2D eigenvalue weighted by Gasteiger charge is -2.12. The van der Waals surface area contributed by atoms with E-state index < -0.39 is 0 Å². The first kappa shape index (κ1) is 15.7. The second-order valence-corrected chi connectivity index (χ2v) is 5.61. The fraction of sp³-hybridized carbons (Fsp3) is 0.176. The largest absolute Gasteiger partial charge is 0.493 e. The molecule has 4 nitrogen and oxygen atoms in total. The van der Waals surface area contributed by atoms with Crippen LogP contribution >= 0.6 is 23.2 Å². The summed E-state index contributed by atoms with van der Waals surface area (Å²) < 4.78 is 11.0. The van der Waals surface area contributed by atoms with E-state index in [4.69, 9.17) is 37.9 Å². The van der Waals surface area contributed by atoms with Crippen molar-refractivity contribution in [1.29, 1.82) is 5.26 Å². The van der Waals surface area contributed by atoms with Crippen LogP contribution in [0.4, 0.5) is 0 Å². The zero-order valence-electron chi connectivity index (χ0n) is 12.3. The molecule has 0 saturated heterocycles. The molecule has 0 aliphatic carbocycles. The first-order chi connectivity index (χ1) is 11.2. The highest BCUT2D eigenvalue weighted by Gasteiger charge is 2.10. The molecule has 1 aromatic heterocycles. The number of benzene rings is 2. The van der Waals surface area contributed by atoms with Crippen molar-refractivity contribution in [3.05, 3.63) is 41.0 Å². The van der Waals surface area contributed by atoms with Crippen LogP contribution in [0.15, 0.2) is 30.3 Å². The first-order valence-electron chi connectivity index (χ1n) is 6.87. The molecule has 0 bridgehead atoms. The van der Waals surface area contributed by atoms with Gasteiger partial charge in [0.15, 0.2) is 11.5 Å². The summed E-state index contributed by atoms with van der Waals surface area (Å²) in [4.78, 5) is 4.28. The quantitative estimate of drug-likeness (QED) is 0.395. The molecule has 0 spiro atoms. The van der Waals surface area contributed by atoms with Gasteiger partial charge in [0.25, 0.3) is 0 Å². The molecule has 0 saturated carbocycles. The monoisotopic (exact) mass is 346 g/mol. The molecule has 0 unspecified atom stereocenters. The van der Waals surface area contributed by atoms with Crippen molar-refractivity contribution >= 4 is 44.9 Å². The Morgan fingerprint density at radius 3 is 2.52 bits per heavy atom. The number of hydrogen-bond acceptors (Lipinski definition) is 4. The normalized spacial score (nSPS) is 10.7. The van der Waals surface area contributed by atoms with Crippen LogP contribution in [0.25, 0.3) is 21.7 Å². The molecular formula is C17H12Cl2N2O2. The number of fused-ring (bicyclic) bond motifs is 2. The molecule has 23 heavy (non-hydrogen) atoms. The van der Waals surface area contributed by atoms with Crippen molar-refractivity contribution in [2.75, 3.05) is 19.6 Å². The molecule has 0 fully saturated rings. The molecule has 2 aromatic carbocycles. The number of pyridine rings is 1. The molecule has 116 valence electrons. The van der Waals surface area contributed by atoms with Crippen LogP contribution < -0.4 is 9.47 Å². The highest BCUT2D eigenvalue weighted by atomic mass is 35.5. The van der Waals surface area contributed by atoms with Crippen molar-refractivity contribution in [3.8, 4) is 17.6 Å². The van der Waals surface area contributed by atoms with Gasteiger partial charge in [-0.25, -0.2) is 4.98 Å². The van der Waals surface area contributed by atoms with Crippen molar-refractivity contribution in [2.45, 2.75) is 0 Å². The van der Waals surface area contributed by atoms with Gasteiger partial charge in [-0.1, -0.05) is 11.6 Å². The third kappa shape index (κ3) is 2.98. The zero-order valence-corrected chi connectivity index (χ0v) is 13.8. The molecule has 0 aliphatic rings. The lowest BCUT2D eigenvalue weighted by Crippen LogP contribution is -2.00. The molecule has 3 aromatic rings. The lowest BCUT2D eigenvalue weighted by atomic mass is 10.0. The van der Waals surface area contributed by atoms with Gasteiger partial charge in [0.05, 0.1) is 24.1 Å². The predicted molar refractivity (Wildman–Crippen MR) is 91.7 cm³/mol. The van der Waals surface area contributed by atoms with Crippen molar-refractivity contribution < 1.29 is 9.47 Å². The third-order valence-corrected chi connectivity index (χ3v) is 3.91. The summed E-state index contributed by atoms with van der Waals surface area (Å²) >= 11 is 11.7. The van der Waals surface area contributed by atoms with Crippen LogP contribution in [0, 0.1) is 11.3 Å². The minimum atomic E-state index is 0.200. The standard InChI is InChI=1S/C17H12Cl2N2O2/c1-22-15-7-10-4-12-5-13(9-20)17(19)21-14(12)6-11(10)8-16(15)23-3-2-18/h4-8H,2-3H2,1H3. The van der Waals surface area contributed by atoms with Gasteiger partial charge in [-0.2, -0.15) is 5.26 Å². The second kappa shape index (κ2) is 6.49. The number of nitriles is 1. The van der Waals surface area contributed by atoms with E-state index in [-0.39, 0.29) is 5.15 Å². The van der Waals surface area contributed by atoms with Crippen molar-refractivity contribution in [3.63, 3.8) is 0 Å². The number of rotatable bonds is 4. The number of aromatic nitrogens is 1. The zero-order chi connectivity index (χ0) is 16.4. The van der Waals surface area contributed by atoms with Gasteiger partial charge in [0.1, 0.15) is 17.8 Å². The summed E-state index contributed by atoms with van der Waals surface area (Å²) in [6.45, 7) is 0.395. The Morgan fingerprint density at radius 2 is 1.83 bits per heavy atom. The number of halogens is 2. The second-order valence-electron chi connectivity index (χ2n) is 4.87. The number of ether oxygens (including phenoxy) is 2. The van der Waals surface area contributed by atoms with E-state index >= 15 is 0 Å². The molecule has 0 amide bonds. The Balaban J connectivity index is 2.22. The average Bonchev–Trinajstić information content (AvgIpc) is 2.56. The summed E-state index contributed by atoms with van der Waals surface area (Å²) in [5.74, 6) is 1.65. The van der Waals surface area contributed by atoms with Crippen LogP contribution in [-0.4, -0.2) is 24.6 Å². The van der Waals surface area contributed by atoms with Gasteiger partial charge < -0.3 is 9.47 Å². The average molecular weight is 347 g/mol. The lowest BCUT2D eigenvalue weighted by molar-refractivity contribution is 0.313. The van der Waals surface area contributed by atoms with Crippen LogP contribution in [0.5, 0.6) is 11.5 Å². The molecule has 0 N–H and O–H groups in total. The van der Waals surface area contributed by atoms with Gasteiger partial charge in [-0.3, -0.25) is 0 Å². The highest BCUT2D eigenvalue weighted by molar-refractivity contribution is 6.31. The molecule has 6 heteroatoms. The molecule has 3 rings (SSSR count). The molecule has 0 radical (unpaired) electrons. The van der Waals surface area contributed by atoms with E-state index in [1.165, 1.54) is 0 Å².